The predicted molar refractivity (Wildman–Crippen MR) is 63.5 cm³/mol. The maximum atomic E-state index is 11.9. The largest absolute Gasteiger partial charge is 0.341 e. The smallest absolute Gasteiger partial charge is 0.0669 e. The van der Waals surface area contributed by atoms with E-state index in [4.69, 9.17) is 0 Å². The lowest BCUT2D eigenvalue weighted by atomic mass is 9.27. The van der Waals surface area contributed by atoms with Crippen LogP contribution in [0.15, 0.2) is 24.3 Å². The van der Waals surface area contributed by atoms with Gasteiger partial charge in [-0.2, -0.15) is 20.5 Å². The Morgan fingerprint density at radius 2 is 1.64 bits per heavy atom. The molecule has 0 amide bonds. The van der Waals surface area contributed by atoms with Crippen molar-refractivity contribution in [1.29, 1.82) is 0 Å². The van der Waals surface area contributed by atoms with Crippen molar-refractivity contribution >= 4 is 11.8 Å². The molecule has 2 heteroatoms. The van der Waals surface area contributed by atoms with Crippen molar-refractivity contribution in [2.24, 2.45) is 0 Å². The number of rotatable bonds is 3. The molecule has 1 aromatic rings. The van der Waals surface area contributed by atoms with Gasteiger partial charge in [0, 0.05) is 0 Å². The number of aryl methyl sites for hydroxylation is 1. The van der Waals surface area contributed by atoms with Crippen LogP contribution in [-0.4, -0.2) is 11.8 Å². The van der Waals surface area contributed by atoms with Gasteiger partial charge in [-0.3, -0.25) is 0 Å². The van der Waals surface area contributed by atoms with E-state index in [0.717, 1.165) is 12.0 Å². The molecule has 0 radical (unpaired) electrons. The number of carbonyl (C=O) groups is 1. The van der Waals surface area contributed by atoms with Crippen LogP contribution in [0.2, 0.25) is 20.5 Å². The molecule has 0 heterocycles. The molecule has 0 aliphatic carbocycles. The van der Waals surface area contributed by atoms with Gasteiger partial charge in [-0.05, 0) is 23.2 Å². The second-order valence-corrected chi connectivity index (χ2v) is 5.01. The van der Waals surface area contributed by atoms with Crippen molar-refractivity contribution in [1.82, 2.24) is 0 Å². The van der Waals surface area contributed by atoms with Gasteiger partial charge in [0.2, 0.25) is 0 Å². The van der Waals surface area contributed by atoms with E-state index in [1.165, 1.54) is 5.56 Å². The molecule has 76 valence electrons. The lowest BCUT2D eigenvalue weighted by Crippen LogP contribution is -2.33. The third-order valence-corrected chi connectivity index (χ3v) is 2.43. The van der Waals surface area contributed by atoms with Gasteiger partial charge in [0.05, 0.1) is 6.15 Å². The monoisotopic (exact) mass is 189 g/mol. The first-order valence-corrected chi connectivity index (χ1v) is 5.36. The average molecular weight is 189 g/mol. The second-order valence-electron chi connectivity index (χ2n) is 5.01. The first kappa shape index (κ1) is 11.0. The average Bonchev–Trinajstić information content (AvgIpc) is 2.15. The summed E-state index contributed by atoms with van der Waals surface area (Å²) in [6.45, 7) is 8.15. The molecule has 0 atom stereocenters. The van der Waals surface area contributed by atoms with Crippen LogP contribution in [0.5, 0.6) is 0 Å². The molecule has 0 aromatic heterocycles. The Morgan fingerprint density at radius 3 is 2.00 bits per heavy atom. The molecule has 1 nitrogen and oxygen atoms in total. The van der Waals surface area contributed by atoms with Crippen LogP contribution in [0.1, 0.15) is 22.8 Å². The molecule has 0 spiro atoms. The van der Waals surface area contributed by atoms with Crippen molar-refractivity contribution in [2.75, 3.05) is 0 Å². The Balaban J connectivity index is 2.93. The summed E-state index contributed by atoms with van der Waals surface area (Å²) in [5.41, 5.74) is 2.39. The molecule has 0 saturated heterocycles. The normalized spacial score (nSPS) is 11.4. The number of benzene rings is 1. The van der Waals surface area contributed by atoms with Gasteiger partial charge in [0.15, 0.2) is 0 Å². The highest BCUT2D eigenvalue weighted by Gasteiger charge is 2.16. The fraction of sp³-hybridized carbons (Fsp3) is 0.417. The Hall–Kier alpha value is -1.05. The summed E-state index contributed by atoms with van der Waals surface area (Å²) in [7, 11) is 0. The third-order valence-electron chi connectivity index (χ3n) is 2.43. The summed E-state index contributed by atoms with van der Waals surface area (Å²) >= 11 is 0. The Kier molecular flexibility index (Phi) is 3.15. The van der Waals surface area contributed by atoms with E-state index in [1.807, 2.05) is 44.7 Å². The molecule has 0 unspecified atom stereocenters. The fourth-order valence-corrected chi connectivity index (χ4v) is 1.40. The van der Waals surface area contributed by atoms with Crippen molar-refractivity contribution in [2.45, 2.75) is 33.8 Å². The van der Waals surface area contributed by atoms with Gasteiger partial charge >= 0.3 is 0 Å². The minimum absolute atomic E-state index is 0.271. The van der Waals surface area contributed by atoms with Crippen LogP contribution >= 0.6 is 0 Å². The van der Waals surface area contributed by atoms with Crippen LogP contribution in [0.4, 0.5) is 0 Å². The minimum atomic E-state index is -0.907. The predicted octanol–water partition coefficient (Wildman–Crippen LogP) is 3.31. The van der Waals surface area contributed by atoms with Crippen molar-refractivity contribution in [3.05, 3.63) is 35.4 Å². The summed E-state index contributed by atoms with van der Waals surface area (Å²) in [5, 5.41) is 0. The van der Waals surface area contributed by atoms with Gasteiger partial charge < -0.3 is 4.79 Å². The van der Waals surface area contributed by atoms with Crippen LogP contribution in [0, 0.1) is 0 Å². The first-order chi connectivity index (χ1) is 6.45. The van der Waals surface area contributed by atoms with E-state index >= 15 is 0 Å². The van der Waals surface area contributed by atoms with Crippen molar-refractivity contribution in [3.63, 3.8) is 0 Å². The Bertz CT molecular complexity index is 319. The zero-order chi connectivity index (χ0) is 10.8. The summed E-state index contributed by atoms with van der Waals surface area (Å²) in [4.78, 5) is 11.9. The van der Waals surface area contributed by atoms with E-state index in [0.29, 0.717) is 0 Å². The highest BCUT2D eigenvalue weighted by atomic mass is 16.1. The minimum Gasteiger partial charge on any atom is -0.341 e. The summed E-state index contributed by atoms with van der Waals surface area (Å²) in [6.07, 6.45) is 0.116. The topological polar surface area (TPSA) is 17.1 Å². The number of hydrogen-bond donors (Lipinski definition) is 0. The molecule has 14 heavy (non-hydrogen) atoms. The van der Waals surface area contributed by atoms with Crippen LogP contribution in [0.25, 0.3) is 0 Å². The second kappa shape index (κ2) is 3.99. The lowest BCUT2D eigenvalue weighted by Gasteiger charge is -2.22. The van der Waals surface area contributed by atoms with E-state index in [1.54, 1.807) is 0 Å². The lowest BCUT2D eigenvalue weighted by molar-refractivity contribution is 0.106. The molecular weight excluding hydrogens is 171 g/mol. The summed E-state index contributed by atoms with van der Waals surface area (Å²) in [6, 6.07) is 7.95. The molecule has 0 N–H and O–H groups in total. The zero-order valence-electron chi connectivity index (χ0n) is 9.50. The fourth-order valence-electron chi connectivity index (χ4n) is 1.40. The van der Waals surface area contributed by atoms with E-state index < -0.39 is 6.15 Å². The standard InChI is InChI=1S/C12H18BO/c1-5-10-6-8-11(9-7-10)12(14)13(2,3)4/h6-9H,5H2,1-4H3/q-1. The van der Waals surface area contributed by atoms with E-state index in [9.17, 15) is 4.79 Å². The summed E-state index contributed by atoms with van der Waals surface area (Å²) < 4.78 is 0. The SMILES string of the molecule is CCc1ccc(C(=O)[B-](C)(C)C)cc1. The maximum Gasteiger partial charge on any atom is 0.0669 e. The molecule has 0 saturated carbocycles. The van der Waals surface area contributed by atoms with Gasteiger partial charge in [0.1, 0.15) is 0 Å². The molecule has 0 aliphatic rings. The number of hydrogen-bond acceptors (Lipinski definition) is 1. The highest BCUT2D eigenvalue weighted by molar-refractivity contribution is 7.05. The molecule has 1 aromatic carbocycles. The number of carbonyl (C=O) groups excluding carboxylic acids is 1. The Labute approximate surface area is 86.4 Å². The highest BCUT2D eigenvalue weighted by Crippen LogP contribution is 2.13. The molecule has 0 aliphatic heterocycles. The van der Waals surface area contributed by atoms with E-state index in [2.05, 4.69) is 6.92 Å². The first-order valence-electron chi connectivity index (χ1n) is 5.36. The quantitative estimate of drug-likeness (QED) is 0.666. The molecule has 0 fully saturated rings. The van der Waals surface area contributed by atoms with Gasteiger partial charge in [-0.25, -0.2) is 0 Å². The third kappa shape index (κ3) is 2.47. The summed E-state index contributed by atoms with van der Waals surface area (Å²) in [5.74, 6) is 0. The zero-order valence-corrected chi connectivity index (χ0v) is 9.50. The van der Waals surface area contributed by atoms with Crippen LogP contribution in [-0.2, 0) is 6.42 Å². The molecular formula is C12H18BO-. The maximum absolute atomic E-state index is 11.9. The van der Waals surface area contributed by atoms with Crippen molar-refractivity contribution in [3.8, 4) is 0 Å². The van der Waals surface area contributed by atoms with Gasteiger partial charge in [-0.1, -0.05) is 31.2 Å². The van der Waals surface area contributed by atoms with E-state index in [-0.39, 0.29) is 5.68 Å². The van der Waals surface area contributed by atoms with Gasteiger partial charge in [-0.15, -0.1) is 0 Å². The van der Waals surface area contributed by atoms with Crippen molar-refractivity contribution < 1.29 is 4.79 Å². The van der Waals surface area contributed by atoms with Crippen LogP contribution < -0.4 is 0 Å². The Morgan fingerprint density at radius 1 is 1.14 bits per heavy atom. The molecule has 1 rings (SSSR count). The van der Waals surface area contributed by atoms with Gasteiger partial charge in [0.25, 0.3) is 0 Å². The van der Waals surface area contributed by atoms with Crippen LogP contribution in [0.3, 0.4) is 0 Å². The molecule has 0 bridgehead atoms.